The molecule has 1 aliphatic carbocycles. The second kappa shape index (κ2) is 5.46. The van der Waals surface area contributed by atoms with Crippen LogP contribution in [0.25, 0.3) is 0 Å². The lowest BCUT2D eigenvalue weighted by molar-refractivity contribution is 0.420. The van der Waals surface area contributed by atoms with Gasteiger partial charge in [0.1, 0.15) is 12.2 Å². The molecule has 0 N–H and O–H groups in total. The number of hydrogen-bond acceptors (Lipinski definition) is 2. The molecule has 2 rings (SSSR count). The van der Waals surface area contributed by atoms with Gasteiger partial charge in [-0.2, -0.15) is 0 Å². The molecule has 1 saturated carbocycles. The summed E-state index contributed by atoms with van der Waals surface area (Å²) < 4.78 is 2.24. The van der Waals surface area contributed by atoms with Crippen LogP contribution in [0.2, 0.25) is 0 Å². The van der Waals surface area contributed by atoms with Crippen LogP contribution in [0, 0.1) is 0 Å². The topological polar surface area (TPSA) is 30.7 Å². The Morgan fingerprint density at radius 2 is 1.75 bits per heavy atom. The van der Waals surface area contributed by atoms with Crippen molar-refractivity contribution in [3.63, 3.8) is 0 Å². The van der Waals surface area contributed by atoms with Gasteiger partial charge in [0.05, 0.1) is 0 Å². The molecule has 3 nitrogen and oxygen atoms in total. The second-order valence-electron chi connectivity index (χ2n) is 5.23. The fraction of sp³-hybridized carbons (Fsp3) is 0.846. The summed E-state index contributed by atoms with van der Waals surface area (Å²) in [5, 5.41) is 8.43. The van der Waals surface area contributed by atoms with Crippen molar-refractivity contribution in [2.75, 3.05) is 0 Å². The normalized spacial score (nSPS) is 19.7. The number of nitrogens with zero attached hydrogens (tertiary/aromatic N) is 3. The number of aromatic nitrogens is 3. The Hall–Kier alpha value is -0.860. The standard InChI is InChI=1S/C13H23N3/c1-11(2)16-10-14-15-13(16)12-8-6-4-3-5-7-9-12/h10-12H,3-9H2,1-2H3. The summed E-state index contributed by atoms with van der Waals surface area (Å²) in [7, 11) is 0. The lowest BCUT2D eigenvalue weighted by Crippen LogP contribution is -2.12. The second-order valence-corrected chi connectivity index (χ2v) is 5.23. The van der Waals surface area contributed by atoms with Crippen LogP contribution in [0.4, 0.5) is 0 Å². The van der Waals surface area contributed by atoms with Gasteiger partial charge in [-0.15, -0.1) is 10.2 Å². The zero-order chi connectivity index (χ0) is 11.4. The maximum absolute atomic E-state index is 4.35. The summed E-state index contributed by atoms with van der Waals surface area (Å²) in [6.45, 7) is 4.41. The lowest BCUT2D eigenvalue weighted by atomic mass is 9.90. The Morgan fingerprint density at radius 1 is 1.12 bits per heavy atom. The van der Waals surface area contributed by atoms with E-state index in [4.69, 9.17) is 0 Å². The lowest BCUT2D eigenvalue weighted by Gasteiger charge is -2.21. The van der Waals surface area contributed by atoms with E-state index in [1.54, 1.807) is 0 Å². The summed E-state index contributed by atoms with van der Waals surface area (Å²) in [6, 6.07) is 0.482. The van der Waals surface area contributed by atoms with Gasteiger partial charge < -0.3 is 4.57 Å². The minimum absolute atomic E-state index is 0.482. The fourth-order valence-corrected chi connectivity index (χ4v) is 2.66. The molecule has 0 unspecified atom stereocenters. The van der Waals surface area contributed by atoms with Crippen LogP contribution in [0.1, 0.15) is 76.6 Å². The van der Waals surface area contributed by atoms with Gasteiger partial charge in [0.15, 0.2) is 0 Å². The zero-order valence-corrected chi connectivity index (χ0v) is 10.5. The first-order chi connectivity index (χ1) is 7.79. The molecular weight excluding hydrogens is 198 g/mol. The van der Waals surface area contributed by atoms with Crippen molar-refractivity contribution < 1.29 is 0 Å². The van der Waals surface area contributed by atoms with E-state index in [0.717, 1.165) is 0 Å². The predicted molar refractivity (Wildman–Crippen MR) is 65.5 cm³/mol. The maximum atomic E-state index is 4.35. The molecule has 0 saturated heterocycles. The average molecular weight is 221 g/mol. The van der Waals surface area contributed by atoms with Crippen LogP contribution >= 0.6 is 0 Å². The van der Waals surface area contributed by atoms with E-state index in [1.807, 2.05) is 6.33 Å². The van der Waals surface area contributed by atoms with Gasteiger partial charge in [-0.25, -0.2) is 0 Å². The van der Waals surface area contributed by atoms with Crippen molar-refractivity contribution in [1.82, 2.24) is 14.8 Å². The zero-order valence-electron chi connectivity index (χ0n) is 10.5. The predicted octanol–water partition coefficient (Wildman–Crippen LogP) is 3.69. The Kier molecular flexibility index (Phi) is 3.97. The summed E-state index contributed by atoms with van der Waals surface area (Å²) in [6.07, 6.45) is 11.4. The van der Waals surface area contributed by atoms with Crippen LogP contribution in [-0.2, 0) is 0 Å². The number of rotatable bonds is 2. The molecule has 90 valence electrons. The highest BCUT2D eigenvalue weighted by Gasteiger charge is 2.19. The Morgan fingerprint density at radius 3 is 2.38 bits per heavy atom. The highest BCUT2D eigenvalue weighted by atomic mass is 15.3. The third-order valence-corrected chi connectivity index (χ3v) is 3.63. The molecular formula is C13H23N3. The fourth-order valence-electron chi connectivity index (χ4n) is 2.66. The first-order valence-electron chi connectivity index (χ1n) is 6.68. The summed E-state index contributed by atoms with van der Waals surface area (Å²) in [5.41, 5.74) is 0. The summed E-state index contributed by atoms with van der Waals surface area (Å²) >= 11 is 0. The molecule has 1 aromatic rings. The largest absolute Gasteiger partial charge is 0.315 e. The highest BCUT2D eigenvalue weighted by Crippen LogP contribution is 2.30. The molecule has 0 atom stereocenters. The highest BCUT2D eigenvalue weighted by molar-refractivity contribution is 4.98. The van der Waals surface area contributed by atoms with Crippen molar-refractivity contribution >= 4 is 0 Å². The van der Waals surface area contributed by atoms with Crippen molar-refractivity contribution in [1.29, 1.82) is 0 Å². The Labute approximate surface area is 98.3 Å². The van der Waals surface area contributed by atoms with Gasteiger partial charge in [-0.05, 0) is 26.7 Å². The van der Waals surface area contributed by atoms with Gasteiger partial charge in [-0.1, -0.05) is 32.1 Å². The van der Waals surface area contributed by atoms with Gasteiger partial charge in [0.25, 0.3) is 0 Å². The van der Waals surface area contributed by atoms with Crippen LogP contribution in [0.5, 0.6) is 0 Å². The van der Waals surface area contributed by atoms with Gasteiger partial charge in [-0.3, -0.25) is 0 Å². The van der Waals surface area contributed by atoms with Crippen LogP contribution in [-0.4, -0.2) is 14.8 Å². The molecule has 16 heavy (non-hydrogen) atoms. The molecule has 1 fully saturated rings. The van der Waals surface area contributed by atoms with Crippen molar-refractivity contribution in [2.45, 2.75) is 70.8 Å². The molecule has 0 aliphatic heterocycles. The third-order valence-electron chi connectivity index (χ3n) is 3.63. The molecule has 0 radical (unpaired) electrons. The maximum Gasteiger partial charge on any atom is 0.136 e. The quantitative estimate of drug-likeness (QED) is 0.762. The summed E-state index contributed by atoms with van der Waals surface area (Å²) in [4.78, 5) is 0. The van der Waals surface area contributed by atoms with Gasteiger partial charge in [0.2, 0.25) is 0 Å². The molecule has 0 bridgehead atoms. The average Bonchev–Trinajstić information content (AvgIpc) is 2.65. The molecule has 1 aromatic heterocycles. The Balaban J connectivity index is 2.11. The summed E-state index contributed by atoms with van der Waals surface area (Å²) in [5.74, 6) is 1.86. The van der Waals surface area contributed by atoms with E-state index < -0.39 is 0 Å². The first-order valence-corrected chi connectivity index (χ1v) is 6.68. The minimum atomic E-state index is 0.482. The monoisotopic (exact) mass is 221 g/mol. The van der Waals surface area contributed by atoms with E-state index in [-0.39, 0.29) is 0 Å². The van der Waals surface area contributed by atoms with E-state index >= 15 is 0 Å². The molecule has 1 aliphatic rings. The number of hydrogen-bond donors (Lipinski definition) is 0. The van der Waals surface area contributed by atoms with Crippen molar-refractivity contribution in [2.24, 2.45) is 0 Å². The molecule has 0 amide bonds. The minimum Gasteiger partial charge on any atom is -0.315 e. The van der Waals surface area contributed by atoms with E-state index in [0.29, 0.717) is 12.0 Å². The van der Waals surface area contributed by atoms with Gasteiger partial charge >= 0.3 is 0 Å². The van der Waals surface area contributed by atoms with Crippen LogP contribution < -0.4 is 0 Å². The van der Waals surface area contributed by atoms with Crippen LogP contribution in [0.3, 0.4) is 0 Å². The molecule has 1 heterocycles. The smallest absolute Gasteiger partial charge is 0.136 e. The van der Waals surface area contributed by atoms with Crippen molar-refractivity contribution in [3.8, 4) is 0 Å². The molecule has 0 spiro atoms. The van der Waals surface area contributed by atoms with Crippen molar-refractivity contribution in [3.05, 3.63) is 12.2 Å². The molecule has 0 aromatic carbocycles. The Bertz CT molecular complexity index is 309. The molecule has 3 heteroatoms. The van der Waals surface area contributed by atoms with Gasteiger partial charge in [0, 0.05) is 12.0 Å². The SMILES string of the molecule is CC(C)n1cnnc1C1CCCCCCC1. The van der Waals surface area contributed by atoms with E-state index in [9.17, 15) is 0 Å². The van der Waals surface area contributed by atoms with Crippen LogP contribution in [0.15, 0.2) is 6.33 Å². The van der Waals surface area contributed by atoms with E-state index in [1.165, 1.54) is 50.8 Å². The first kappa shape index (κ1) is 11.6. The van der Waals surface area contributed by atoms with E-state index in [2.05, 4.69) is 28.6 Å². The third kappa shape index (κ3) is 2.63.